The minimum atomic E-state index is -3.91. The van der Waals surface area contributed by atoms with Gasteiger partial charge >= 0.3 is 17.1 Å². The van der Waals surface area contributed by atoms with E-state index in [2.05, 4.69) is 19.7 Å². The van der Waals surface area contributed by atoms with Crippen LogP contribution in [0, 0.1) is 0 Å². The average molecular weight is 694 g/mol. The third-order valence-electron chi connectivity index (χ3n) is 6.58. The summed E-state index contributed by atoms with van der Waals surface area (Å²) in [5, 5.41) is 0. The van der Waals surface area contributed by atoms with Crippen LogP contribution in [0.25, 0.3) is 0 Å². The minimum Gasteiger partial charge on any atom is -0.295 e. The van der Waals surface area contributed by atoms with Gasteiger partial charge in [0.1, 0.15) is 0 Å². The summed E-state index contributed by atoms with van der Waals surface area (Å²) in [5.41, 5.74) is -3.87. The molecule has 0 saturated carbocycles. The number of hydrogen-bond donors (Lipinski definition) is 0. The SMILES string of the molecule is C=CC(=O)CCCS(=O)(=O)CCn1c(=O)n(CCS(=O)(=O)CCCC(=O)C=C)c(=O)n(CCS(=O)(=O)CCCC(=O)C=C)c1=O. The molecule has 1 heterocycles. The van der Waals surface area contributed by atoms with Gasteiger partial charge in [-0.1, -0.05) is 19.7 Å². The van der Waals surface area contributed by atoms with Crippen molar-refractivity contribution in [2.24, 2.45) is 0 Å². The second-order valence-corrected chi connectivity index (χ2v) is 17.0. The molecule has 0 aliphatic heterocycles. The molecule has 0 fully saturated rings. The molecule has 252 valence electrons. The van der Waals surface area contributed by atoms with E-state index in [1.165, 1.54) is 0 Å². The van der Waals surface area contributed by atoms with E-state index in [1.807, 2.05) is 0 Å². The average Bonchev–Trinajstić information content (AvgIpc) is 2.96. The van der Waals surface area contributed by atoms with Crippen LogP contribution in [0.4, 0.5) is 0 Å². The van der Waals surface area contributed by atoms with Crippen LogP contribution in [-0.2, 0) is 63.5 Å². The Kier molecular flexibility index (Phi) is 15.7. The van der Waals surface area contributed by atoms with Crippen molar-refractivity contribution < 1.29 is 39.6 Å². The van der Waals surface area contributed by atoms with Crippen LogP contribution in [0.5, 0.6) is 0 Å². The van der Waals surface area contributed by atoms with Crippen molar-refractivity contribution in [3.63, 3.8) is 0 Å². The minimum absolute atomic E-state index is 0.0433. The van der Waals surface area contributed by atoms with Crippen LogP contribution < -0.4 is 17.1 Å². The third kappa shape index (κ3) is 14.0. The van der Waals surface area contributed by atoms with E-state index in [0.29, 0.717) is 13.7 Å². The molecular weight excluding hydrogens is 655 g/mol. The molecule has 0 aliphatic carbocycles. The lowest BCUT2D eigenvalue weighted by Crippen LogP contribution is -2.56. The molecule has 0 bridgehead atoms. The van der Waals surface area contributed by atoms with Gasteiger partial charge in [0.05, 0.1) is 34.5 Å². The maximum Gasteiger partial charge on any atom is 0.336 e. The number of rotatable bonds is 24. The third-order valence-corrected chi connectivity index (χ3v) is 11.7. The Morgan fingerprint density at radius 2 is 0.689 bits per heavy atom. The Morgan fingerprint density at radius 3 is 0.889 bits per heavy atom. The molecule has 0 unspecified atom stereocenters. The van der Waals surface area contributed by atoms with Crippen molar-refractivity contribution in [2.75, 3.05) is 34.5 Å². The lowest BCUT2D eigenvalue weighted by Gasteiger charge is -2.14. The van der Waals surface area contributed by atoms with Gasteiger partial charge in [-0.3, -0.25) is 14.4 Å². The molecule has 0 aliphatic rings. The molecule has 1 rings (SSSR count). The van der Waals surface area contributed by atoms with Crippen LogP contribution in [0.2, 0.25) is 0 Å². The van der Waals surface area contributed by atoms with E-state index in [0.717, 1.165) is 18.2 Å². The Bertz CT molecular complexity index is 1560. The predicted octanol–water partition coefficient (Wildman–Crippen LogP) is -0.978. The van der Waals surface area contributed by atoms with Crippen LogP contribution in [0.3, 0.4) is 0 Å². The van der Waals surface area contributed by atoms with Crippen molar-refractivity contribution in [1.29, 1.82) is 0 Å². The molecule has 0 radical (unpaired) electrons. The van der Waals surface area contributed by atoms with E-state index < -0.39 is 101 Å². The fraction of sp³-hybridized carbons (Fsp3) is 0.556. The quantitative estimate of drug-likeness (QED) is 0.119. The standard InChI is InChI=1S/C27H39N3O12S3/c1-4-22(31)10-7-16-43(37,38)19-13-28-25(34)29(14-20-44(39,40)17-8-11-23(32)5-2)27(36)30(26(28)35)15-21-45(41,42)18-9-12-24(33)6-3/h4-6H,1-3,7-21H2. The smallest absolute Gasteiger partial charge is 0.295 e. The highest BCUT2D eigenvalue weighted by Crippen LogP contribution is 2.03. The molecule has 18 heteroatoms. The van der Waals surface area contributed by atoms with E-state index in [4.69, 9.17) is 0 Å². The number of carbonyl (C=O) groups excluding carboxylic acids is 3. The van der Waals surface area contributed by atoms with Crippen molar-refractivity contribution in [3.05, 3.63) is 69.4 Å². The largest absolute Gasteiger partial charge is 0.336 e. The molecular formula is C27H39N3O12S3. The molecule has 0 amide bonds. The normalized spacial score (nSPS) is 12.0. The first kappa shape index (κ1) is 39.5. The van der Waals surface area contributed by atoms with Crippen molar-refractivity contribution in [1.82, 2.24) is 13.7 Å². The first-order chi connectivity index (χ1) is 20.9. The van der Waals surface area contributed by atoms with Gasteiger partial charge in [0.25, 0.3) is 0 Å². The lowest BCUT2D eigenvalue weighted by atomic mass is 10.2. The Morgan fingerprint density at radius 1 is 0.467 bits per heavy atom. The van der Waals surface area contributed by atoms with E-state index >= 15 is 0 Å². The Hall–Kier alpha value is -3.51. The van der Waals surface area contributed by atoms with Gasteiger partial charge in [-0.05, 0) is 37.5 Å². The second kappa shape index (κ2) is 17.8. The van der Waals surface area contributed by atoms with Gasteiger partial charge in [0.2, 0.25) is 0 Å². The van der Waals surface area contributed by atoms with Crippen LogP contribution >= 0.6 is 0 Å². The molecule has 0 N–H and O–H groups in total. The summed E-state index contributed by atoms with van der Waals surface area (Å²) < 4.78 is 76.5. The predicted molar refractivity (Wildman–Crippen MR) is 168 cm³/mol. The summed E-state index contributed by atoms with van der Waals surface area (Å²) in [6, 6.07) is 0. The molecule has 0 atom stereocenters. The second-order valence-electron chi connectivity index (χ2n) is 10.1. The summed E-state index contributed by atoms with van der Waals surface area (Å²) in [6.45, 7) is 7.68. The molecule has 15 nitrogen and oxygen atoms in total. The number of carbonyl (C=O) groups is 3. The highest BCUT2D eigenvalue weighted by molar-refractivity contribution is 7.91. The summed E-state index contributed by atoms with van der Waals surface area (Å²) >= 11 is 0. The fourth-order valence-electron chi connectivity index (χ4n) is 3.96. The molecule has 1 aromatic rings. The Labute approximate surface area is 261 Å². The van der Waals surface area contributed by atoms with Gasteiger partial charge in [-0.2, -0.15) is 0 Å². The number of ketones is 3. The van der Waals surface area contributed by atoms with E-state index in [1.54, 1.807) is 0 Å². The first-order valence-electron chi connectivity index (χ1n) is 13.9. The van der Waals surface area contributed by atoms with Gasteiger partial charge in [-0.25, -0.2) is 53.3 Å². The van der Waals surface area contributed by atoms with Crippen LogP contribution in [-0.4, -0.2) is 90.8 Å². The van der Waals surface area contributed by atoms with Crippen LogP contribution in [0.1, 0.15) is 38.5 Å². The van der Waals surface area contributed by atoms with Crippen molar-refractivity contribution >= 4 is 46.9 Å². The number of nitrogens with zero attached hydrogens (tertiary/aromatic N) is 3. The van der Waals surface area contributed by atoms with Gasteiger partial charge in [0, 0.05) is 38.9 Å². The summed E-state index contributed by atoms with van der Waals surface area (Å²) in [6.07, 6.45) is 2.72. The first-order valence-corrected chi connectivity index (χ1v) is 19.4. The van der Waals surface area contributed by atoms with Crippen molar-refractivity contribution in [2.45, 2.75) is 58.2 Å². The summed E-state index contributed by atoms with van der Waals surface area (Å²) in [7, 11) is -11.7. The van der Waals surface area contributed by atoms with Gasteiger partial charge in [0.15, 0.2) is 46.9 Å². The summed E-state index contributed by atoms with van der Waals surface area (Å²) in [5.74, 6) is -4.70. The zero-order chi connectivity index (χ0) is 34.4. The van der Waals surface area contributed by atoms with E-state index in [-0.39, 0.29) is 55.9 Å². The highest BCUT2D eigenvalue weighted by Gasteiger charge is 2.22. The maximum atomic E-state index is 13.2. The van der Waals surface area contributed by atoms with Crippen molar-refractivity contribution in [3.8, 4) is 0 Å². The van der Waals surface area contributed by atoms with E-state index in [9.17, 15) is 54.0 Å². The summed E-state index contributed by atoms with van der Waals surface area (Å²) in [4.78, 5) is 73.7. The topological polar surface area (TPSA) is 220 Å². The Balaban J connectivity index is 3.36. The molecule has 0 saturated heterocycles. The number of sulfone groups is 3. The van der Waals surface area contributed by atoms with Gasteiger partial charge < -0.3 is 0 Å². The number of aromatic nitrogens is 3. The highest BCUT2D eigenvalue weighted by atomic mass is 32.2. The van der Waals surface area contributed by atoms with Gasteiger partial charge in [-0.15, -0.1) is 0 Å². The maximum absolute atomic E-state index is 13.2. The zero-order valence-electron chi connectivity index (χ0n) is 24.9. The fourth-order valence-corrected chi connectivity index (χ4v) is 7.71. The molecule has 1 aromatic heterocycles. The number of allylic oxidation sites excluding steroid dienone is 3. The lowest BCUT2D eigenvalue weighted by molar-refractivity contribution is -0.115. The molecule has 45 heavy (non-hydrogen) atoms. The zero-order valence-corrected chi connectivity index (χ0v) is 27.4. The van der Waals surface area contributed by atoms with Crippen LogP contribution in [0.15, 0.2) is 52.3 Å². The number of hydrogen-bond acceptors (Lipinski definition) is 12. The molecule has 0 aromatic carbocycles. The molecule has 0 spiro atoms. The monoisotopic (exact) mass is 693 g/mol.